The van der Waals surface area contributed by atoms with Crippen molar-refractivity contribution in [3.8, 4) is 0 Å². The lowest BCUT2D eigenvalue weighted by molar-refractivity contribution is 0.669. The maximum Gasteiger partial charge on any atom is 0.144 e. The minimum absolute atomic E-state index is 0.894. The summed E-state index contributed by atoms with van der Waals surface area (Å²) in [5.74, 6) is 0. The first-order chi connectivity index (χ1) is 21.8. The van der Waals surface area contributed by atoms with Gasteiger partial charge in [-0.05, 0) is 83.6 Å². The standard InChI is InChI=1S/C40H23NO2S/c1-2-10-26(11-3-1)41(27-15-18-35-33(22-27)29-12-6-7-13-34(29)42-35)28-14-16-31-38(23-28)44-37-19-17-30-32-20-24-8-4-5-9-25(24)21-36(32)43-40(30)39(31)37/h1-23H. The van der Waals surface area contributed by atoms with E-state index in [4.69, 9.17) is 8.83 Å². The second kappa shape index (κ2) is 8.96. The predicted molar refractivity (Wildman–Crippen MR) is 186 cm³/mol. The van der Waals surface area contributed by atoms with Crippen LogP contribution in [0.5, 0.6) is 0 Å². The lowest BCUT2D eigenvalue weighted by Gasteiger charge is -2.25. The monoisotopic (exact) mass is 581 g/mol. The molecule has 0 amide bonds. The van der Waals surface area contributed by atoms with E-state index in [-0.39, 0.29) is 0 Å². The molecule has 0 fully saturated rings. The van der Waals surface area contributed by atoms with E-state index in [1.54, 1.807) is 0 Å². The van der Waals surface area contributed by atoms with E-state index in [0.717, 1.165) is 60.9 Å². The van der Waals surface area contributed by atoms with Gasteiger partial charge in [-0.1, -0.05) is 66.7 Å². The average Bonchev–Trinajstić information content (AvgIpc) is 3.74. The van der Waals surface area contributed by atoms with Crippen molar-refractivity contribution in [2.24, 2.45) is 0 Å². The van der Waals surface area contributed by atoms with E-state index in [1.165, 1.54) is 30.9 Å². The number of furan rings is 2. The zero-order valence-electron chi connectivity index (χ0n) is 23.5. The third kappa shape index (κ3) is 3.43. The lowest BCUT2D eigenvalue weighted by Crippen LogP contribution is -2.09. The molecular formula is C40H23NO2S. The molecule has 10 rings (SSSR count). The molecular weight excluding hydrogens is 559 g/mol. The van der Waals surface area contributed by atoms with E-state index in [2.05, 4.69) is 132 Å². The van der Waals surface area contributed by atoms with E-state index in [1.807, 2.05) is 23.5 Å². The molecule has 0 aliphatic carbocycles. The number of benzene rings is 7. The Hall–Kier alpha value is -5.58. The largest absolute Gasteiger partial charge is 0.456 e. The van der Waals surface area contributed by atoms with Gasteiger partial charge in [-0.15, -0.1) is 11.3 Å². The molecule has 0 atom stereocenters. The molecule has 10 aromatic rings. The maximum atomic E-state index is 6.61. The molecule has 206 valence electrons. The first-order valence-corrected chi connectivity index (χ1v) is 15.6. The smallest absolute Gasteiger partial charge is 0.144 e. The number of hydrogen-bond donors (Lipinski definition) is 0. The van der Waals surface area contributed by atoms with Gasteiger partial charge >= 0.3 is 0 Å². The molecule has 0 unspecified atom stereocenters. The number of anilines is 3. The number of fused-ring (bicyclic) bond motifs is 11. The summed E-state index contributed by atoms with van der Waals surface area (Å²) in [4.78, 5) is 2.33. The second-order valence-corrected chi connectivity index (χ2v) is 12.4. The van der Waals surface area contributed by atoms with Crippen molar-refractivity contribution < 1.29 is 8.83 Å². The van der Waals surface area contributed by atoms with Crippen LogP contribution in [0.1, 0.15) is 0 Å². The van der Waals surface area contributed by atoms with E-state index in [9.17, 15) is 0 Å². The van der Waals surface area contributed by atoms with Crippen LogP contribution in [0.2, 0.25) is 0 Å². The van der Waals surface area contributed by atoms with Gasteiger partial charge in [0, 0.05) is 58.8 Å². The Labute approximate surface area is 255 Å². The predicted octanol–water partition coefficient (Wildman–Crippen LogP) is 12.5. The third-order valence-electron chi connectivity index (χ3n) is 8.82. The molecule has 44 heavy (non-hydrogen) atoms. The van der Waals surface area contributed by atoms with Gasteiger partial charge in [0.2, 0.25) is 0 Å². The zero-order chi connectivity index (χ0) is 28.8. The lowest BCUT2D eigenvalue weighted by atomic mass is 10.0. The van der Waals surface area contributed by atoms with Crippen LogP contribution in [0.25, 0.3) is 74.8 Å². The van der Waals surface area contributed by atoms with Crippen LogP contribution in [0.4, 0.5) is 17.1 Å². The molecule has 3 nitrogen and oxygen atoms in total. The summed E-state index contributed by atoms with van der Waals surface area (Å²) in [6, 6.07) is 49.4. The molecule has 3 aromatic heterocycles. The topological polar surface area (TPSA) is 29.5 Å². The van der Waals surface area contributed by atoms with Crippen LogP contribution < -0.4 is 4.90 Å². The van der Waals surface area contributed by atoms with E-state index < -0.39 is 0 Å². The number of rotatable bonds is 3. The van der Waals surface area contributed by atoms with Gasteiger partial charge in [0.05, 0.1) is 0 Å². The first-order valence-electron chi connectivity index (χ1n) is 14.8. The Kier molecular flexibility index (Phi) is 4.87. The van der Waals surface area contributed by atoms with Gasteiger partial charge in [0.15, 0.2) is 0 Å². The summed E-state index contributed by atoms with van der Waals surface area (Å²) >= 11 is 1.82. The fourth-order valence-electron chi connectivity index (χ4n) is 6.78. The normalized spacial score (nSPS) is 12.1. The van der Waals surface area contributed by atoms with Gasteiger partial charge in [0.1, 0.15) is 22.3 Å². The molecule has 0 aliphatic heterocycles. The van der Waals surface area contributed by atoms with Gasteiger partial charge < -0.3 is 13.7 Å². The third-order valence-corrected chi connectivity index (χ3v) is 9.93. The molecule has 3 heterocycles. The minimum atomic E-state index is 0.894. The van der Waals surface area contributed by atoms with Crippen molar-refractivity contribution in [3.05, 3.63) is 140 Å². The molecule has 0 bridgehead atoms. The van der Waals surface area contributed by atoms with Crippen LogP contribution in [0.3, 0.4) is 0 Å². The fourth-order valence-corrected chi connectivity index (χ4v) is 7.92. The molecule has 0 radical (unpaired) electrons. The first kappa shape index (κ1) is 23.9. The number of nitrogens with zero attached hydrogens (tertiary/aromatic N) is 1. The van der Waals surface area contributed by atoms with E-state index in [0.29, 0.717) is 0 Å². The Morgan fingerprint density at radius 2 is 1.11 bits per heavy atom. The van der Waals surface area contributed by atoms with Crippen molar-refractivity contribution in [3.63, 3.8) is 0 Å². The maximum absolute atomic E-state index is 6.61. The van der Waals surface area contributed by atoms with Gasteiger partial charge in [-0.3, -0.25) is 0 Å². The average molecular weight is 582 g/mol. The molecule has 4 heteroatoms. The molecule has 7 aromatic carbocycles. The number of hydrogen-bond acceptors (Lipinski definition) is 4. The summed E-state index contributed by atoms with van der Waals surface area (Å²) in [6.07, 6.45) is 0. The Balaban J connectivity index is 1.19. The van der Waals surface area contributed by atoms with Gasteiger partial charge in [-0.25, -0.2) is 0 Å². The quantitative estimate of drug-likeness (QED) is 0.208. The number of para-hydroxylation sites is 2. The Morgan fingerprint density at radius 3 is 2.02 bits per heavy atom. The van der Waals surface area contributed by atoms with Crippen molar-refractivity contribution in [1.29, 1.82) is 0 Å². The van der Waals surface area contributed by atoms with Crippen molar-refractivity contribution >= 4 is 103 Å². The SMILES string of the molecule is c1ccc(N(c2ccc3c(c2)sc2ccc4c5cc6ccccc6cc5oc4c23)c2ccc3oc4ccccc4c3c2)cc1. The molecule has 0 N–H and O–H groups in total. The summed E-state index contributed by atoms with van der Waals surface area (Å²) in [6.45, 7) is 0. The Bertz CT molecular complexity index is 2730. The second-order valence-electron chi connectivity index (χ2n) is 11.3. The fraction of sp³-hybridized carbons (Fsp3) is 0. The van der Waals surface area contributed by atoms with Crippen LogP contribution in [0.15, 0.2) is 148 Å². The summed E-state index contributed by atoms with van der Waals surface area (Å²) < 4.78 is 15.2. The molecule has 0 aliphatic rings. The summed E-state index contributed by atoms with van der Waals surface area (Å²) in [5.41, 5.74) is 6.99. The minimum Gasteiger partial charge on any atom is -0.456 e. The number of thiophene rings is 1. The summed E-state index contributed by atoms with van der Waals surface area (Å²) in [5, 5.41) is 9.38. The molecule has 0 saturated heterocycles. The molecule has 0 spiro atoms. The van der Waals surface area contributed by atoms with Crippen LogP contribution in [0, 0.1) is 0 Å². The van der Waals surface area contributed by atoms with Gasteiger partial charge in [-0.2, -0.15) is 0 Å². The van der Waals surface area contributed by atoms with Crippen molar-refractivity contribution in [2.45, 2.75) is 0 Å². The van der Waals surface area contributed by atoms with Crippen molar-refractivity contribution in [1.82, 2.24) is 0 Å². The summed E-state index contributed by atoms with van der Waals surface area (Å²) in [7, 11) is 0. The van der Waals surface area contributed by atoms with Crippen LogP contribution >= 0.6 is 11.3 Å². The van der Waals surface area contributed by atoms with Crippen molar-refractivity contribution in [2.75, 3.05) is 4.90 Å². The highest BCUT2D eigenvalue weighted by Crippen LogP contribution is 2.45. The highest BCUT2D eigenvalue weighted by Gasteiger charge is 2.19. The van der Waals surface area contributed by atoms with Crippen LogP contribution in [-0.4, -0.2) is 0 Å². The van der Waals surface area contributed by atoms with Crippen LogP contribution in [-0.2, 0) is 0 Å². The Morgan fingerprint density at radius 1 is 0.409 bits per heavy atom. The van der Waals surface area contributed by atoms with Gasteiger partial charge in [0.25, 0.3) is 0 Å². The highest BCUT2D eigenvalue weighted by atomic mass is 32.1. The zero-order valence-corrected chi connectivity index (χ0v) is 24.3. The highest BCUT2D eigenvalue weighted by molar-refractivity contribution is 7.26. The van der Waals surface area contributed by atoms with E-state index >= 15 is 0 Å². The molecule has 0 saturated carbocycles.